The van der Waals surface area contributed by atoms with Gasteiger partial charge in [0.2, 0.25) is 5.82 Å². The van der Waals surface area contributed by atoms with Crippen LogP contribution in [0.1, 0.15) is 6.92 Å². The minimum absolute atomic E-state index is 0.0737. The zero-order valence-electron chi connectivity index (χ0n) is 9.67. The van der Waals surface area contributed by atoms with E-state index < -0.39 is 4.92 Å². The molecule has 0 aromatic carbocycles. The molecule has 0 bridgehead atoms. The molecule has 0 aliphatic rings. The lowest BCUT2D eigenvalue weighted by Gasteiger charge is -2.06. The van der Waals surface area contributed by atoms with E-state index in [9.17, 15) is 10.1 Å². The molecule has 8 heteroatoms. The standard InChI is InChI=1S/C9H14N4O3S/c1-3-10-8-7(13(14)15)9(12-6-11-8)17-5-4-16-2/h6H,3-5H2,1-2H3,(H,10,11,12). The lowest BCUT2D eigenvalue weighted by atomic mass is 10.5. The summed E-state index contributed by atoms with van der Waals surface area (Å²) in [6, 6.07) is 0. The van der Waals surface area contributed by atoms with Crippen LogP contribution in [0.5, 0.6) is 0 Å². The van der Waals surface area contributed by atoms with Crippen LogP contribution >= 0.6 is 11.8 Å². The number of aromatic nitrogens is 2. The summed E-state index contributed by atoms with van der Waals surface area (Å²) >= 11 is 1.28. The van der Waals surface area contributed by atoms with E-state index >= 15 is 0 Å². The average Bonchev–Trinajstić information content (AvgIpc) is 2.29. The first-order chi connectivity index (χ1) is 8.20. The first kappa shape index (κ1) is 13.7. The van der Waals surface area contributed by atoms with E-state index in [0.717, 1.165) is 0 Å². The smallest absolute Gasteiger partial charge is 0.343 e. The van der Waals surface area contributed by atoms with Crippen molar-refractivity contribution in [2.24, 2.45) is 0 Å². The van der Waals surface area contributed by atoms with Crippen LogP contribution in [-0.2, 0) is 4.74 Å². The molecule has 0 spiro atoms. The van der Waals surface area contributed by atoms with Gasteiger partial charge in [0.25, 0.3) is 0 Å². The van der Waals surface area contributed by atoms with Crippen LogP contribution in [0.3, 0.4) is 0 Å². The molecule has 0 fully saturated rings. The number of methoxy groups -OCH3 is 1. The van der Waals surface area contributed by atoms with Crippen molar-refractivity contribution in [2.45, 2.75) is 11.9 Å². The number of anilines is 1. The summed E-state index contributed by atoms with van der Waals surface area (Å²) in [5.41, 5.74) is -0.0737. The van der Waals surface area contributed by atoms with Gasteiger partial charge in [0, 0.05) is 19.4 Å². The number of nitrogens with zero attached hydrogens (tertiary/aromatic N) is 3. The van der Waals surface area contributed by atoms with Crippen molar-refractivity contribution in [3.05, 3.63) is 16.4 Å². The Bertz CT molecular complexity index is 389. The Morgan fingerprint density at radius 1 is 1.59 bits per heavy atom. The highest BCUT2D eigenvalue weighted by Crippen LogP contribution is 2.31. The zero-order chi connectivity index (χ0) is 12.7. The summed E-state index contributed by atoms with van der Waals surface area (Å²) in [6.07, 6.45) is 1.32. The molecule has 1 rings (SSSR count). The van der Waals surface area contributed by atoms with E-state index in [-0.39, 0.29) is 11.5 Å². The summed E-state index contributed by atoms with van der Waals surface area (Å²) in [4.78, 5) is 18.3. The topological polar surface area (TPSA) is 90.2 Å². The second-order valence-electron chi connectivity index (χ2n) is 3.00. The summed E-state index contributed by atoms with van der Waals surface area (Å²) in [5.74, 6) is 0.868. The molecule has 0 atom stereocenters. The fourth-order valence-corrected chi connectivity index (χ4v) is 2.02. The molecule has 0 aliphatic heterocycles. The van der Waals surface area contributed by atoms with Crippen LogP contribution in [0.25, 0.3) is 0 Å². The van der Waals surface area contributed by atoms with E-state index in [1.807, 2.05) is 6.92 Å². The monoisotopic (exact) mass is 258 g/mol. The van der Waals surface area contributed by atoms with Gasteiger partial charge in [0.1, 0.15) is 6.33 Å². The SMILES string of the molecule is CCNc1ncnc(SCCOC)c1[N+](=O)[O-]. The Balaban J connectivity index is 2.94. The van der Waals surface area contributed by atoms with Crippen molar-refractivity contribution in [3.8, 4) is 0 Å². The van der Waals surface area contributed by atoms with Gasteiger partial charge in [-0.25, -0.2) is 9.97 Å². The van der Waals surface area contributed by atoms with Crippen molar-refractivity contribution < 1.29 is 9.66 Å². The molecule has 0 saturated carbocycles. The lowest BCUT2D eigenvalue weighted by Crippen LogP contribution is -2.06. The Morgan fingerprint density at radius 2 is 2.35 bits per heavy atom. The Morgan fingerprint density at radius 3 is 2.94 bits per heavy atom. The number of ether oxygens (including phenoxy) is 1. The van der Waals surface area contributed by atoms with E-state index in [1.165, 1.54) is 18.1 Å². The Labute approximate surface area is 103 Å². The molecule has 1 N–H and O–H groups in total. The number of nitro groups is 1. The number of nitrogens with one attached hydrogen (secondary N) is 1. The summed E-state index contributed by atoms with van der Waals surface area (Å²) in [6.45, 7) is 2.94. The van der Waals surface area contributed by atoms with Crippen LogP contribution < -0.4 is 5.32 Å². The summed E-state index contributed by atoms with van der Waals surface area (Å²) in [7, 11) is 1.58. The predicted molar refractivity (Wildman–Crippen MR) is 65.5 cm³/mol. The summed E-state index contributed by atoms with van der Waals surface area (Å²) < 4.78 is 4.89. The molecule has 94 valence electrons. The first-order valence-electron chi connectivity index (χ1n) is 5.05. The van der Waals surface area contributed by atoms with Gasteiger partial charge in [-0.2, -0.15) is 0 Å². The average molecular weight is 258 g/mol. The molecule has 7 nitrogen and oxygen atoms in total. The second kappa shape index (κ2) is 7.02. The van der Waals surface area contributed by atoms with E-state index in [0.29, 0.717) is 23.9 Å². The van der Waals surface area contributed by atoms with Gasteiger partial charge in [0.15, 0.2) is 5.03 Å². The van der Waals surface area contributed by atoms with Crippen LogP contribution in [0.15, 0.2) is 11.4 Å². The van der Waals surface area contributed by atoms with Crippen molar-refractivity contribution in [2.75, 3.05) is 31.3 Å². The Kier molecular flexibility index (Phi) is 5.64. The molecule has 1 heterocycles. The minimum atomic E-state index is -0.465. The molecular formula is C9H14N4O3S. The van der Waals surface area contributed by atoms with E-state index in [2.05, 4.69) is 15.3 Å². The molecule has 0 saturated heterocycles. The van der Waals surface area contributed by atoms with Gasteiger partial charge < -0.3 is 10.1 Å². The van der Waals surface area contributed by atoms with Crippen LogP contribution in [0.4, 0.5) is 11.5 Å². The third-order valence-corrected chi connectivity index (χ3v) is 2.78. The van der Waals surface area contributed by atoms with Crippen molar-refractivity contribution >= 4 is 23.3 Å². The number of thioether (sulfide) groups is 1. The Hall–Kier alpha value is -1.41. The zero-order valence-corrected chi connectivity index (χ0v) is 10.5. The third-order valence-electron chi connectivity index (χ3n) is 1.84. The molecule has 0 unspecified atom stereocenters. The lowest BCUT2D eigenvalue weighted by molar-refractivity contribution is -0.387. The van der Waals surface area contributed by atoms with Gasteiger partial charge >= 0.3 is 5.69 Å². The maximum absolute atomic E-state index is 11.0. The van der Waals surface area contributed by atoms with Crippen molar-refractivity contribution in [1.82, 2.24) is 9.97 Å². The number of hydrogen-bond acceptors (Lipinski definition) is 7. The number of hydrogen-bond donors (Lipinski definition) is 1. The van der Waals surface area contributed by atoms with Crippen molar-refractivity contribution in [3.63, 3.8) is 0 Å². The van der Waals surface area contributed by atoms with Crippen molar-refractivity contribution in [1.29, 1.82) is 0 Å². The molecular weight excluding hydrogens is 244 g/mol. The highest BCUT2D eigenvalue weighted by atomic mass is 32.2. The highest BCUT2D eigenvalue weighted by Gasteiger charge is 2.22. The maximum Gasteiger partial charge on any atom is 0.343 e. The van der Waals surface area contributed by atoms with Gasteiger partial charge in [-0.05, 0) is 6.92 Å². The maximum atomic E-state index is 11.0. The van der Waals surface area contributed by atoms with Gasteiger partial charge in [0.05, 0.1) is 11.5 Å². The van der Waals surface area contributed by atoms with Crippen LogP contribution in [-0.4, -0.2) is 40.9 Å². The predicted octanol–water partition coefficient (Wildman–Crippen LogP) is 1.56. The minimum Gasteiger partial charge on any atom is -0.384 e. The first-order valence-corrected chi connectivity index (χ1v) is 6.04. The van der Waals surface area contributed by atoms with Crippen LogP contribution in [0, 0.1) is 10.1 Å². The summed E-state index contributed by atoms with van der Waals surface area (Å²) in [5, 5.41) is 14.2. The molecule has 1 aromatic heterocycles. The normalized spacial score (nSPS) is 10.2. The number of rotatable bonds is 7. The molecule has 17 heavy (non-hydrogen) atoms. The molecule has 0 radical (unpaired) electrons. The fourth-order valence-electron chi connectivity index (χ4n) is 1.15. The van der Waals surface area contributed by atoms with E-state index in [4.69, 9.17) is 4.74 Å². The third kappa shape index (κ3) is 3.82. The highest BCUT2D eigenvalue weighted by molar-refractivity contribution is 7.99. The van der Waals surface area contributed by atoms with Gasteiger partial charge in [-0.3, -0.25) is 10.1 Å². The molecule has 0 aliphatic carbocycles. The van der Waals surface area contributed by atoms with E-state index in [1.54, 1.807) is 7.11 Å². The van der Waals surface area contributed by atoms with Gasteiger partial charge in [-0.1, -0.05) is 11.8 Å². The van der Waals surface area contributed by atoms with Gasteiger partial charge in [-0.15, -0.1) is 0 Å². The quantitative estimate of drug-likeness (QED) is 0.261. The second-order valence-corrected chi connectivity index (χ2v) is 4.09. The largest absolute Gasteiger partial charge is 0.384 e. The molecule has 1 aromatic rings. The molecule has 0 amide bonds. The fraction of sp³-hybridized carbons (Fsp3) is 0.556. The van der Waals surface area contributed by atoms with Crippen LogP contribution in [0.2, 0.25) is 0 Å².